The fourth-order valence-corrected chi connectivity index (χ4v) is 8.75. The monoisotopic (exact) mass is 737 g/mol. The average Bonchev–Trinajstić information content (AvgIpc) is 3.85. The third-order valence-corrected chi connectivity index (χ3v) is 11.5. The SMILES string of the molecule is C1=C(c2ccccc2)N=C(c2ccc3sc4cc(-c5nc(-c6ccccc6)nc(-c6cccc7c6oc6ccccc67)n5)ccc4c3c2)NC1c1ccccc1. The van der Waals surface area contributed by atoms with E-state index in [4.69, 9.17) is 24.4 Å². The third kappa shape index (κ3) is 5.65. The Labute approximate surface area is 326 Å². The molecule has 0 radical (unpaired) electrons. The third-order valence-electron chi connectivity index (χ3n) is 10.4. The van der Waals surface area contributed by atoms with Crippen LogP contribution in [0.4, 0.5) is 0 Å². The Balaban J connectivity index is 1.01. The molecular formula is C49H31N5OS. The Bertz CT molecular complexity index is 3170. The number of aromatic nitrogens is 3. The molecule has 1 aliphatic rings. The summed E-state index contributed by atoms with van der Waals surface area (Å²) in [6.07, 6.45) is 2.21. The second-order valence-electron chi connectivity index (χ2n) is 13.9. The van der Waals surface area contributed by atoms with Gasteiger partial charge in [-0.3, -0.25) is 0 Å². The summed E-state index contributed by atoms with van der Waals surface area (Å²) in [4.78, 5) is 20.3. The molecule has 0 bridgehead atoms. The number of para-hydroxylation sites is 2. The van der Waals surface area contributed by atoms with Crippen LogP contribution in [0, 0.1) is 0 Å². The topological polar surface area (TPSA) is 76.2 Å². The number of benzene rings is 7. The molecule has 10 aromatic rings. The fourth-order valence-electron chi connectivity index (χ4n) is 7.62. The molecule has 0 amide bonds. The van der Waals surface area contributed by atoms with E-state index in [0.29, 0.717) is 17.5 Å². The molecule has 0 spiro atoms. The number of amidine groups is 1. The second kappa shape index (κ2) is 13.3. The van der Waals surface area contributed by atoms with Gasteiger partial charge in [0.15, 0.2) is 17.5 Å². The predicted molar refractivity (Wildman–Crippen MR) is 230 cm³/mol. The predicted octanol–water partition coefficient (Wildman–Crippen LogP) is 12.3. The maximum atomic E-state index is 6.42. The number of thiophene rings is 1. The summed E-state index contributed by atoms with van der Waals surface area (Å²) in [7, 11) is 0. The van der Waals surface area contributed by atoms with Crippen molar-refractivity contribution in [3.63, 3.8) is 0 Å². The Morgan fingerprint density at radius 1 is 0.482 bits per heavy atom. The van der Waals surface area contributed by atoms with Crippen LogP contribution in [0.15, 0.2) is 185 Å². The van der Waals surface area contributed by atoms with Crippen molar-refractivity contribution in [3.8, 4) is 34.2 Å². The van der Waals surface area contributed by atoms with E-state index in [1.807, 2.05) is 66.7 Å². The van der Waals surface area contributed by atoms with Crippen molar-refractivity contribution in [3.05, 3.63) is 193 Å². The van der Waals surface area contributed by atoms with Gasteiger partial charge in [0.05, 0.1) is 17.3 Å². The summed E-state index contributed by atoms with van der Waals surface area (Å²) < 4.78 is 8.77. The first-order valence-electron chi connectivity index (χ1n) is 18.6. The van der Waals surface area contributed by atoms with Crippen LogP contribution in [0.1, 0.15) is 22.7 Å². The van der Waals surface area contributed by atoms with Crippen molar-refractivity contribution in [2.24, 2.45) is 4.99 Å². The lowest BCUT2D eigenvalue weighted by atomic mass is 10.00. The van der Waals surface area contributed by atoms with Crippen LogP contribution in [0.3, 0.4) is 0 Å². The van der Waals surface area contributed by atoms with Gasteiger partial charge in [0.2, 0.25) is 0 Å². The van der Waals surface area contributed by atoms with Crippen molar-refractivity contribution in [1.82, 2.24) is 20.3 Å². The molecule has 0 fully saturated rings. The smallest absolute Gasteiger partial charge is 0.167 e. The first-order chi connectivity index (χ1) is 27.7. The van der Waals surface area contributed by atoms with E-state index in [-0.39, 0.29) is 6.04 Å². The Hall–Kier alpha value is -7.22. The molecule has 1 atom stereocenters. The van der Waals surface area contributed by atoms with E-state index in [0.717, 1.165) is 66.0 Å². The van der Waals surface area contributed by atoms with Crippen LogP contribution in [-0.2, 0) is 0 Å². The lowest BCUT2D eigenvalue weighted by Gasteiger charge is -2.24. The molecule has 4 heterocycles. The van der Waals surface area contributed by atoms with Crippen molar-refractivity contribution < 1.29 is 4.42 Å². The number of rotatable bonds is 6. The highest BCUT2D eigenvalue weighted by atomic mass is 32.1. The van der Waals surface area contributed by atoms with Gasteiger partial charge in [-0.1, -0.05) is 133 Å². The maximum absolute atomic E-state index is 6.42. The zero-order valence-electron chi connectivity index (χ0n) is 29.9. The molecule has 1 N–H and O–H groups in total. The molecule has 7 aromatic carbocycles. The number of fused-ring (bicyclic) bond motifs is 6. The summed E-state index contributed by atoms with van der Waals surface area (Å²) in [5.74, 6) is 2.63. The van der Waals surface area contributed by atoms with Gasteiger partial charge >= 0.3 is 0 Å². The number of nitrogens with one attached hydrogen (secondary N) is 1. The molecule has 7 heteroatoms. The Morgan fingerprint density at radius 2 is 1.16 bits per heavy atom. The van der Waals surface area contributed by atoms with Crippen LogP contribution in [0.5, 0.6) is 0 Å². The van der Waals surface area contributed by atoms with Crippen LogP contribution in [-0.4, -0.2) is 20.8 Å². The normalized spacial score (nSPS) is 14.2. The summed E-state index contributed by atoms with van der Waals surface area (Å²) in [5, 5.41) is 8.18. The van der Waals surface area contributed by atoms with Gasteiger partial charge in [0, 0.05) is 47.6 Å². The first kappa shape index (κ1) is 32.2. The minimum absolute atomic E-state index is 0.0127. The molecule has 0 aliphatic carbocycles. The summed E-state index contributed by atoms with van der Waals surface area (Å²) in [5.41, 5.74) is 8.54. The van der Waals surface area contributed by atoms with Gasteiger partial charge in [-0.2, -0.15) is 0 Å². The van der Waals surface area contributed by atoms with Crippen molar-refractivity contribution in [1.29, 1.82) is 0 Å². The van der Waals surface area contributed by atoms with Gasteiger partial charge in [0.25, 0.3) is 0 Å². The van der Waals surface area contributed by atoms with Crippen molar-refractivity contribution in [2.75, 3.05) is 0 Å². The lowest BCUT2D eigenvalue weighted by molar-refractivity contribution is 0.669. The van der Waals surface area contributed by atoms with E-state index in [1.165, 1.54) is 21.0 Å². The molecule has 56 heavy (non-hydrogen) atoms. The molecule has 0 saturated heterocycles. The quantitative estimate of drug-likeness (QED) is 0.184. The van der Waals surface area contributed by atoms with Gasteiger partial charge < -0.3 is 9.73 Å². The molecule has 264 valence electrons. The van der Waals surface area contributed by atoms with E-state index >= 15 is 0 Å². The van der Waals surface area contributed by atoms with E-state index in [2.05, 4.69) is 115 Å². The minimum atomic E-state index is -0.0127. The maximum Gasteiger partial charge on any atom is 0.167 e. The van der Waals surface area contributed by atoms with E-state index in [1.54, 1.807) is 11.3 Å². The lowest BCUT2D eigenvalue weighted by Crippen LogP contribution is -2.31. The van der Waals surface area contributed by atoms with Crippen LogP contribution < -0.4 is 5.32 Å². The molecular weight excluding hydrogens is 707 g/mol. The van der Waals surface area contributed by atoms with Gasteiger partial charge in [-0.15, -0.1) is 11.3 Å². The Kier molecular flexibility index (Phi) is 7.64. The zero-order chi connectivity index (χ0) is 37.0. The standard InChI is InChI=1S/C49H31N5OS/c1-4-13-30(14-5-1)40-29-41(31-15-6-2-7-16-31)51-47(50-40)33-24-26-43-39(27-33)36-25-23-34(28-44(36)56-43)48-52-46(32-17-8-3-9-18-32)53-49(54-48)38-21-12-20-37-35-19-10-11-22-42(35)55-45(37)38/h1-29,40H,(H,50,51). The average molecular weight is 738 g/mol. The van der Waals surface area contributed by atoms with Crippen molar-refractivity contribution in [2.45, 2.75) is 6.04 Å². The summed E-state index contributed by atoms with van der Waals surface area (Å²) in [6.45, 7) is 0. The largest absolute Gasteiger partial charge is 0.455 e. The number of furan rings is 1. The highest BCUT2D eigenvalue weighted by molar-refractivity contribution is 7.25. The van der Waals surface area contributed by atoms with Gasteiger partial charge in [-0.25, -0.2) is 19.9 Å². The Morgan fingerprint density at radius 3 is 1.98 bits per heavy atom. The fraction of sp³-hybridized carbons (Fsp3) is 0.0204. The highest BCUT2D eigenvalue weighted by Crippen LogP contribution is 2.39. The highest BCUT2D eigenvalue weighted by Gasteiger charge is 2.22. The number of hydrogen-bond donors (Lipinski definition) is 1. The number of aliphatic imine (C=N–C) groups is 1. The number of nitrogens with zero attached hydrogens (tertiary/aromatic N) is 4. The molecule has 1 unspecified atom stereocenters. The van der Waals surface area contributed by atoms with Crippen LogP contribution >= 0.6 is 11.3 Å². The first-order valence-corrected chi connectivity index (χ1v) is 19.4. The molecule has 11 rings (SSSR count). The number of hydrogen-bond acceptors (Lipinski definition) is 7. The molecule has 0 saturated carbocycles. The summed E-state index contributed by atoms with van der Waals surface area (Å²) >= 11 is 1.77. The van der Waals surface area contributed by atoms with Crippen LogP contribution in [0.2, 0.25) is 0 Å². The van der Waals surface area contributed by atoms with E-state index < -0.39 is 0 Å². The van der Waals surface area contributed by atoms with E-state index in [9.17, 15) is 0 Å². The minimum Gasteiger partial charge on any atom is -0.455 e. The molecule has 1 aliphatic heterocycles. The molecule has 6 nitrogen and oxygen atoms in total. The van der Waals surface area contributed by atoms with Crippen molar-refractivity contribution >= 4 is 65.0 Å². The van der Waals surface area contributed by atoms with Crippen LogP contribution in [0.25, 0.3) is 82.0 Å². The zero-order valence-corrected chi connectivity index (χ0v) is 30.7. The van der Waals surface area contributed by atoms with Gasteiger partial charge in [0.1, 0.15) is 17.0 Å². The molecule has 3 aromatic heterocycles. The second-order valence-corrected chi connectivity index (χ2v) is 15.0. The summed E-state index contributed by atoms with van der Waals surface area (Å²) in [6, 6.07) is 58.4. The van der Waals surface area contributed by atoms with Gasteiger partial charge in [-0.05, 0) is 53.6 Å².